The van der Waals surface area contributed by atoms with Crippen molar-refractivity contribution in [3.63, 3.8) is 0 Å². The van der Waals surface area contributed by atoms with Crippen LogP contribution in [0.1, 0.15) is 50.4 Å². The lowest BCUT2D eigenvalue weighted by molar-refractivity contribution is 0.0738. The van der Waals surface area contributed by atoms with Gasteiger partial charge in [-0.2, -0.15) is 0 Å². The molecule has 3 atom stereocenters. The monoisotopic (exact) mass is 273 g/mol. The van der Waals surface area contributed by atoms with Crippen molar-refractivity contribution >= 4 is 11.6 Å². The topological polar surface area (TPSA) is 68.0 Å². The molecule has 108 valence electrons. The van der Waals surface area contributed by atoms with Gasteiger partial charge in [-0.3, -0.25) is 9.78 Å². The van der Waals surface area contributed by atoms with Crippen LogP contribution in [0.4, 0.5) is 5.69 Å². The summed E-state index contributed by atoms with van der Waals surface area (Å²) in [5.41, 5.74) is 7.20. The van der Waals surface area contributed by atoms with Crippen molar-refractivity contribution in [2.75, 3.05) is 5.73 Å². The van der Waals surface area contributed by atoms with Gasteiger partial charge in [-0.15, -0.1) is 0 Å². The highest BCUT2D eigenvalue weighted by molar-refractivity contribution is 5.99. The van der Waals surface area contributed by atoms with Crippen molar-refractivity contribution in [1.29, 1.82) is 0 Å². The molecule has 4 nitrogen and oxygen atoms in total. The molecule has 1 aromatic rings. The molecule has 0 spiro atoms. The minimum Gasteiger partial charge on any atom is -0.397 e. The van der Waals surface area contributed by atoms with E-state index in [9.17, 15) is 4.79 Å². The molecular formula is C16H23N3O. The van der Waals surface area contributed by atoms with Crippen LogP contribution in [0, 0.1) is 16.7 Å². The van der Waals surface area contributed by atoms with Gasteiger partial charge in [0.1, 0.15) is 0 Å². The first-order valence-electron chi connectivity index (χ1n) is 7.35. The molecule has 1 amide bonds. The first-order chi connectivity index (χ1) is 9.34. The second-order valence-corrected chi connectivity index (χ2v) is 7.28. The number of nitrogens with two attached hydrogens (primary N) is 1. The third-order valence-corrected chi connectivity index (χ3v) is 5.64. The van der Waals surface area contributed by atoms with Gasteiger partial charge in [0.25, 0.3) is 5.91 Å². The molecule has 2 saturated carbocycles. The maximum Gasteiger partial charge on any atom is 0.253 e. The molecule has 0 saturated heterocycles. The molecule has 2 bridgehead atoms. The van der Waals surface area contributed by atoms with Crippen LogP contribution in [0.5, 0.6) is 0 Å². The summed E-state index contributed by atoms with van der Waals surface area (Å²) >= 11 is 0. The lowest BCUT2D eigenvalue weighted by Gasteiger charge is -2.43. The second-order valence-electron chi connectivity index (χ2n) is 7.28. The number of carbonyl (C=O) groups is 1. The molecule has 3 N–H and O–H groups in total. The molecular weight excluding hydrogens is 250 g/mol. The lowest BCUT2D eigenvalue weighted by atomic mass is 9.68. The van der Waals surface area contributed by atoms with Gasteiger partial charge in [0.2, 0.25) is 0 Å². The Morgan fingerprint density at radius 2 is 2.20 bits per heavy atom. The van der Waals surface area contributed by atoms with Crippen molar-refractivity contribution in [1.82, 2.24) is 10.3 Å². The number of hydrogen-bond acceptors (Lipinski definition) is 3. The predicted molar refractivity (Wildman–Crippen MR) is 79.1 cm³/mol. The van der Waals surface area contributed by atoms with E-state index in [0.29, 0.717) is 17.2 Å². The van der Waals surface area contributed by atoms with Gasteiger partial charge in [0, 0.05) is 12.2 Å². The molecule has 3 rings (SSSR count). The maximum atomic E-state index is 12.5. The van der Waals surface area contributed by atoms with Crippen molar-refractivity contribution in [3.8, 4) is 0 Å². The minimum atomic E-state index is -0.0725. The third kappa shape index (κ3) is 1.81. The normalized spacial score (nSPS) is 34.1. The van der Waals surface area contributed by atoms with E-state index in [0.717, 1.165) is 0 Å². The van der Waals surface area contributed by atoms with Crippen molar-refractivity contribution in [3.05, 3.63) is 24.0 Å². The molecule has 0 aromatic carbocycles. The van der Waals surface area contributed by atoms with Gasteiger partial charge in [-0.25, -0.2) is 0 Å². The predicted octanol–water partition coefficient (Wildman–Crippen LogP) is 2.61. The third-order valence-electron chi connectivity index (χ3n) is 5.64. The smallest absolute Gasteiger partial charge is 0.253 e. The van der Waals surface area contributed by atoms with E-state index in [-0.39, 0.29) is 22.8 Å². The van der Waals surface area contributed by atoms with Crippen molar-refractivity contribution < 1.29 is 4.79 Å². The number of carbonyl (C=O) groups excluding carboxylic acids is 1. The van der Waals surface area contributed by atoms with E-state index in [1.54, 1.807) is 12.3 Å². The highest BCUT2D eigenvalue weighted by Crippen LogP contribution is 2.62. The number of nitrogens with zero attached hydrogens (tertiary/aromatic N) is 1. The minimum absolute atomic E-state index is 0.0725. The molecule has 0 radical (unpaired) electrons. The number of hydrogen-bond donors (Lipinski definition) is 2. The molecule has 3 unspecified atom stereocenters. The Hall–Kier alpha value is -1.58. The summed E-state index contributed by atoms with van der Waals surface area (Å²) < 4.78 is 0. The lowest BCUT2D eigenvalue weighted by Crippen LogP contribution is -2.52. The molecule has 1 aromatic heterocycles. The SMILES string of the molecule is CC12CCC(C1)C(C)(C)C2NC(=O)c1ccncc1N. The quantitative estimate of drug-likeness (QED) is 0.870. The van der Waals surface area contributed by atoms with Gasteiger partial charge in [0.15, 0.2) is 0 Å². The number of nitrogen functional groups attached to an aromatic ring is 1. The number of fused-ring (bicyclic) bond motifs is 2. The summed E-state index contributed by atoms with van der Waals surface area (Å²) in [7, 11) is 0. The summed E-state index contributed by atoms with van der Waals surface area (Å²) in [6, 6.07) is 1.90. The molecule has 2 aliphatic carbocycles. The Morgan fingerprint density at radius 1 is 1.45 bits per heavy atom. The summed E-state index contributed by atoms with van der Waals surface area (Å²) in [6.07, 6.45) is 6.85. The number of rotatable bonds is 2. The fourth-order valence-corrected chi connectivity index (χ4v) is 4.48. The maximum absolute atomic E-state index is 12.5. The number of aromatic nitrogens is 1. The molecule has 2 aliphatic rings. The highest BCUT2D eigenvalue weighted by atomic mass is 16.1. The van der Waals surface area contributed by atoms with Crippen molar-refractivity contribution in [2.45, 2.75) is 46.1 Å². The van der Waals surface area contributed by atoms with Crippen LogP contribution in [0.3, 0.4) is 0 Å². The van der Waals surface area contributed by atoms with Gasteiger partial charge in [-0.05, 0) is 42.1 Å². The van der Waals surface area contributed by atoms with E-state index in [1.807, 2.05) is 0 Å². The van der Waals surface area contributed by atoms with Gasteiger partial charge in [-0.1, -0.05) is 20.8 Å². The summed E-state index contributed by atoms with van der Waals surface area (Å²) in [6.45, 7) is 6.87. The fourth-order valence-electron chi connectivity index (χ4n) is 4.48. The number of pyridine rings is 1. The molecule has 20 heavy (non-hydrogen) atoms. The van der Waals surface area contributed by atoms with E-state index in [4.69, 9.17) is 5.73 Å². The Morgan fingerprint density at radius 3 is 2.80 bits per heavy atom. The van der Waals surface area contributed by atoms with Gasteiger partial charge in [0.05, 0.1) is 17.4 Å². The van der Waals surface area contributed by atoms with Crippen molar-refractivity contribution in [2.24, 2.45) is 16.7 Å². The molecule has 4 heteroatoms. The zero-order valence-corrected chi connectivity index (χ0v) is 12.4. The summed E-state index contributed by atoms with van der Waals surface area (Å²) in [5, 5.41) is 3.25. The van der Waals surface area contributed by atoms with Crippen LogP contribution >= 0.6 is 0 Å². The number of nitrogens with one attached hydrogen (secondary N) is 1. The Kier molecular flexibility index (Phi) is 2.82. The molecule has 1 heterocycles. The first kappa shape index (κ1) is 13.4. The van der Waals surface area contributed by atoms with Crippen LogP contribution in [-0.4, -0.2) is 16.9 Å². The number of anilines is 1. The average molecular weight is 273 g/mol. The van der Waals surface area contributed by atoms with E-state index < -0.39 is 0 Å². The first-order valence-corrected chi connectivity index (χ1v) is 7.35. The highest BCUT2D eigenvalue weighted by Gasteiger charge is 2.59. The number of amides is 1. The molecule has 0 aliphatic heterocycles. The van der Waals surface area contributed by atoms with E-state index in [1.165, 1.54) is 25.5 Å². The Balaban J connectivity index is 1.85. The van der Waals surface area contributed by atoms with E-state index >= 15 is 0 Å². The van der Waals surface area contributed by atoms with Crippen LogP contribution in [-0.2, 0) is 0 Å². The van der Waals surface area contributed by atoms with Gasteiger partial charge >= 0.3 is 0 Å². The average Bonchev–Trinajstić information content (AvgIpc) is 2.86. The standard InChI is InChI=1S/C16H23N3O/c1-15(2)10-4-6-16(3,8-10)14(15)19-13(20)11-5-7-18-9-12(11)17/h5,7,9-10,14H,4,6,8,17H2,1-3H3,(H,19,20). The summed E-state index contributed by atoms with van der Waals surface area (Å²) in [4.78, 5) is 16.4. The van der Waals surface area contributed by atoms with Gasteiger partial charge < -0.3 is 11.1 Å². The Bertz CT molecular complexity index is 550. The second kappa shape index (κ2) is 4.21. The van der Waals surface area contributed by atoms with Crippen LogP contribution in [0.15, 0.2) is 18.5 Å². The zero-order chi connectivity index (χ0) is 14.5. The van der Waals surface area contributed by atoms with Crippen LogP contribution < -0.4 is 11.1 Å². The largest absolute Gasteiger partial charge is 0.397 e. The van der Waals surface area contributed by atoms with Crippen LogP contribution in [0.25, 0.3) is 0 Å². The Labute approximate surface area is 120 Å². The fraction of sp³-hybridized carbons (Fsp3) is 0.625. The molecule has 2 fully saturated rings. The summed E-state index contributed by atoms with van der Waals surface area (Å²) in [5.74, 6) is 0.643. The van der Waals surface area contributed by atoms with Crippen LogP contribution in [0.2, 0.25) is 0 Å². The van der Waals surface area contributed by atoms with E-state index in [2.05, 4.69) is 31.1 Å². The zero-order valence-electron chi connectivity index (χ0n) is 12.4.